The average Bonchev–Trinajstić information content (AvgIpc) is 2.71. The normalized spacial score (nSPS) is 11.6. The van der Waals surface area contributed by atoms with Crippen LogP contribution in [0.1, 0.15) is 51.9 Å². The van der Waals surface area contributed by atoms with E-state index in [9.17, 15) is 22.0 Å². The molecule has 0 aliphatic heterocycles. The van der Waals surface area contributed by atoms with Gasteiger partial charge in [0.05, 0.1) is 0 Å². The van der Waals surface area contributed by atoms with Crippen LogP contribution in [0, 0.1) is 11.6 Å². The summed E-state index contributed by atoms with van der Waals surface area (Å²) in [5, 5.41) is 0. The number of benzene rings is 2. The Labute approximate surface area is 182 Å². The van der Waals surface area contributed by atoms with Crippen molar-refractivity contribution in [3.05, 3.63) is 66.3 Å². The fraction of sp³-hybridized carbons (Fsp3) is 0.348. The predicted molar refractivity (Wildman–Crippen MR) is 116 cm³/mol. The number of esters is 1. The summed E-state index contributed by atoms with van der Waals surface area (Å²) in [6.07, 6.45) is 11.0. The average molecular weight is 452 g/mol. The van der Waals surface area contributed by atoms with Gasteiger partial charge in [0.2, 0.25) is 0 Å². The van der Waals surface area contributed by atoms with Crippen molar-refractivity contribution in [1.29, 1.82) is 0 Å². The first kappa shape index (κ1) is 24.5. The Bertz CT molecular complexity index is 989. The van der Waals surface area contributed by atoms with Gasteiger partial charge in [-0.15, -0.1) is 0 Å². The summed E-state index contributed by atoms with van der Waals surface area (Å²) in [5.41, 5.74) is 0.141. The van der Waals surface area contributed by atoms with Crippen LogP contribution in [0.4, 0.5) is 14.5 Å². The Morgan fingerprint density at radius 2 is 1.68 bits per heavy atom. The van der Waals surface area contributed by atoms with Gasteiger partial charge in [-0.05, 0) is 49.2 Å². The predicted octanol–water partition coefficient (Wildman–Crippen LogP) is 5.98. The van der Waals surface area contributed by atoms with Crippen molar-refractivity contribution < 1.29 is 26.7 Å². The van der Waals surface area contributed by atoms with E-state index in [0.717, 1.165) is 31.4 Å². The number of ether oxygens (including phenoxy) is 1. The topological polar surface area (TPSA) is 72.5 Å². The maximum absolute atomic E-state index is 13.8. The first-order chi connectivity index (χ1) is 14.8. The first-order valence-corrected chi connectivity index (χ1v) is 11.8. The summed E-state index contributed by atoms with van der Waals surface area (Å²) in [6, 6.07) is 7.79. The third-order valence-corrected chi connectivity index (χ3v) is 5.90. The summed E-state index contributed by atoms with van der Waals surface area (Å²) in [4.78, 5) is 11.2. The molecule has 0 saturated heterocycles. The fourth-order valence-electron chi connectivity index (χ4n) is 2.87. The first-order valence-electron chi connectivity index (χ1n) is 10.3. The number of halogens is 2. The number of carbonyl (C=O) groups is 1. The highest BCUT2D eigenvalue weighted by Crippen LogP contribution is 2.22. The zero-order valence-corrected chi connectivity index (χ0v) is 18.3. The molecule has 2 rings (SSSR count). The van der Waals surface area contributed by atoms with Gasteiger partial charge >= 0.3 is 5.97 Å². The number of sulfonamides is 1. The van der Waals surface area contributed by atoms with E-state index in [1.54, 1.807) is 6.08 Å². The second-order valence-corrected chi connectivity index (χ2v) is 8.74. The SMILES string of the molecule is CCCCCCCCC=CC(=O)Oc1ccc(NS(=O)(=O)c2ccc(F)cc2F)cc1. The standard InChI is InChI=1S/C23H27F2NO4S/c1-2-3-4-5-6-7-8-9-10-23(27)30-20-14-12-19(13-15-20)26-31(28,29)22-16-11-18(24)17-21(22)25/h9-17,26H,2-8H2,1H3. The molecule has 0 bridgehead atoms. The van der Waals surface area contributed by atoms with Crippen molar-refractivity contribution in [2.75, 3.05) is 4.72 Å². The number of anilines is 1. The number of nitrogens with one attached hydrogen (secondary N) is 1. The summed E-state index contributed by atoms with van der Waals surface area (Å²) in [5.74, 6) is -2.34. The van der Waals surface area contributed by atoms with E-state index in [1.807, 2.05) is 0 Å². The number of carbonyl (C=O) groups excluding carboxylic acids is 1. The van der Waals surface area contributed by atoms with Crippen LogP contribution in [-0.4, -0.2) is 14.4 Å². The molecule has 168 valence electrons. The van der Waals surface area contributed by atoms with Crippen LogP contribution in [0.3, 0.4) is 0 Å². The molecule has 2 aromatic carbocycles. The Balaban J connectivity index is 1.83. The highest BCUT2D eigenvalue weighted by atomic mass is 32.2. The summed E-state index contributed by atoms with van der Waals surface area (Å²) in [7, 11) is -4.23. The van der Waals surface area contributed by atoms with E-state index in [0.29, 0.717) is 6.07 Å². The molecule has 0 atom stereocenters. The zero-order chi connectivity index (χ0) is 22.7. The molecule has 0 fully saturated rings. The van der Waals surface area contributed by atoms with Gasteiger partial charge in [0.15, 0.2) is 0 Å². The number of rotatable bonds is 12. The lowest BCUT2D eigenvalue weighted by molar-refractivity contribution is -0.129. The third-order valence-electron chi connectivity index (χ3n) is 4.49. The quantitative estimate of drug-likeness (QED) is 0.187. The molecule has 31 heavy (non-hydrogen) atoms. The van der Waals surface area contributed by atoms with Gasteiger partial charge in [-0.2, -0.15) is 0 Å². The van der Waals surface area contributed by atoms with Crippen molar-refractivity contribution >= 4 is 21.7 Å². The van der Waals surface area contributed by atoms with E-state index in [2.05, 4.69) is 11.6 Å². The number of unbranched alkanes of at least 4 members (excludes halogenated alkanes) is 6. The lowest BCUT2D eigenvalue weighted by Crippen LogP contribution is -2.14. The molecule has 0 aliphatic rings. The smallest absolute Gasteiger partial charge is 0.335 e. The van der Waals surface area contributed by atoms with Crippen molar-refractivity contribution in [3.8, 4) is 5.75 Å². The van der Waals surface area contributed by atoms with Crippen LogP contribution in [0.5, 0.6) is 5.75 Å². The lowest BCUT2D eigenvalue weighted by atomic mass is 10.1. The summed E-state index contributed by atoms with van der Waals surface area (Å²) >= 11 is 0. The van der Waals surface area contributed by atoms with E-state index >= 15 is 0 Å². The number of allylic oxidation sites excluding steroid dienone is 1. The summed E-state index contributed by atoms with van der Waals surface area (Å²) in [6.45, 7) is 2.18. The molecular formula is C23H27F2NO4S. The van der Waals surface area contributed by atoms with Gasteiger partial charge in [-0.1, -0.05) is 45.1 Å². The van der Waals surface area contributed by atoms with Crippen molar-refractivity contribution in [3.63, 3.8) is 0 Å². The van der Waals surface area contributed by atoms with Crippen LogP contribution in [0.25, 0.3) is 0 Å². The summed E-state index contributed by atoms with van der Waals surface area (Å²) < 4.78 is 58.7. The van der Waals surface area contributed by atoms with Gasteiger partial charge in [0.25, 0.3) is 10.0 Å². The largest absolute Gasteiger partial charge is 0.423 e. The van der Waals surface area contributed by atoms with E-state index in [1.165, 1.54) is 56.0 Å². The molecule has 0 aromatic heterocycles. The Morgan fingerprint density at radius 3 is 2.35 bits per heavy atom. The minimum absolute atomic E-state index is 0.141. The molecule has 0 unspecified atom stereocenters. The van der Waals surface area contributed by atoms with E-state index in [4.69, 9.17) is 4.74 Å². The monoisotopic (exact) mass is 451 g/mol. The van der Waals surface area contributed by atoms with Gasteiger partial charge < -0.3 is 4.74 Å². The maximum Gasteiger partial charge on any atom is 0.335 e. The maximum atomic E-state index is 13.8. The molecule has 0 radical (unpaired) electrons. The fourth-order valence-corrected chi connectivity index (χ4v) is 3.99. The van der Waals surface area contributed by atoms with Crippen LogP contribution in [0.15, 0.2) is 59.5 Å². The number of hydrogen-bond acceptors (Lipinski definition) is 4. The van der Waals surface area contributed by atoms with Crippen molar-refractivity contribution in [2.24, 2.45) is 0 Å². The van der Waals surface area contributed by atoms with Crippen molar-refractivity contribution in [2.45, 2.75) is 56.8 Å². The lowest BCUT2D eigenvalue weighted by Gasteiger charge is -2.09. The molecular weight excluding hydrogens is 424 g/mol. The van der Waals surface area contributed by atoms with E-state index in [-0.39, 0.29) is 11.4 Å². The second kappa shape index (κ2) is 12.2. The van der Waals surface area contributed by atoms with Gasteiger partial charge in [0.1, 0.15) is 22.3 Å². The molecule has 8 heteroatoms. The van der Waals surface area contributed by atoms with Gasteiger partial charge in [0, 0.05) is 17.8 Å². The minimum atomic E-state index is -4.23. The van der Waals surface area contributed by atoms with Crippen LogP contribution >= 0.6 is 0 Å². The van der Waals surface area contributed by atoms with Crippen molar-refractivity contribution in [1.82, 2.24) is 0 Å². The van der Waals surface area contributed by atoms with E-state index < -0.39 is 32.5 Å². The molecule has 0 spiro atoms. The second-order valence-electron chi connectivity index (χ2n) is 7.08. The minimum Gasteiger partial charge on any atom is -0.423 e. The molecule has 0 saturated carbocycles. The highest BCUT2D eigenvalue weighted by Gasteiger charge is 2.19. The highest BCUT2D eigenvalue weighted by molar-refractivity contribution is 7.92. The van der Waals surface area contributed by atoms with Crippen LogP contribution in [-0.2, 0) is 14.8 Å². The number of hydrogen-bond donors (Lipinski definition) is 1. The van der Waals surface area contributed by atoms with Gasteiger partial charge in [-0.25, -0.2) is 22.0 Å². The Kier molecular flexibility index (Phi) is 9.65. The zero-order valence-electron chi connectivity index (χ0n) is 17.4. The molecule has 5 nitrogen and oxygen atoms in total. The Morgan fingerprint density at radius 1 is 1.00 bits per heavy atom. The molecule has 1 N–H and O–H groups in total. The Hall–Kier alpha value is -2.74. The van der Waals surface area contributed by atoms with Gasteiger partial charge in [-0.3, -0.25) is 4.72 Å². The molecule has 0 heterocycles. The van der Waals surface area contributed by atoms with Crippen LogP contribution < -0.4 is 9.46 Å². The molecule has 2 aromatic rings. The molecule has 0 amide bonds. The third kappa shape index (κ3) is 8.49. The molecule has 0 aliphatic carbocycles. The van der Waals surface area contributed by atoms with Crippen LogP contribution in [0.2, 0.25) is 0 Å².